The molecule has 0 saturated heterocycles. The zero-order valence-corrected chi connectivity index (χ0v) is 11.1. The number of hydrogen-bond acceptors (Lipinski definition) is 3. The van der Waals surface area contributed by atoms with Gasteiger partial charge in [0.1, 0.15) is 4.88 Å². The molecular formula is C13H18N2OS. The summed E-state index contributed by atoms with van der Waals surface area (Å²) in [5.41, 5.74) is 6.09. The first kappa shape index (κ1) is 13.8. The van der Waals surface area contributed by atoms with E-state index < -0.39 is 0 Å². The molecule has 92 valence electrons. The summed E-state index contributed by atoms with van der Waals surface area (Å²) >= 11 is 1.42. The van der Waals surface area contributed by atoms with Crippen LogP contribution in [0.5, 0.6) is 0 Å². The van der Waals surface area contributed by atoms with E-state index in [1.54, 1.807) is 0 Å². The first-order valence-corrected chi connectivity index (χ1v) is 6.68. The number of hydrogen-bond donors (Lipinski definition) is 2. The first-order chi connectivity index (χ1) is 8.22. The molecule has 0 bridgehead atoms. The van der Waals surface area contributed by atoms with Crippen molar-refractivity contribution in [3.05, 3.63) is 21.9 Å². The Hall–Kier alpha value is -1.31. The maximum Gasteiger partial charge on any atom is 0.262 e. The molecule has 1 amide bonds. The van der Waals surface area contributed by atoms with Crippen molar-refractivity contribution in [3.8, 4) is 11.8 Å². The molecule has 17 heavy (non-hydrogen) atoms. The molecule has 0 fully saturated rings. The third-order valence-electron chi connectivity index (χ3n) is 2.52. The van der Waals surface area contributed by atoms with Gasteiger partial charge in [-0.05, 0) is 24.3 Å². The summed E-state index contributed by atoms with van der Waals surface area (Å²) < 4.78 is 0. The summed E-state index contributed by atoms with van der Waals surface area (Å²) in [4.78, 5) is 12.7. The number of rotatable bonds is 4. The third kappa shape index (κ3) is 3.88. The molecule has 0 aliphatic heterocycles. The van der Waals surface area contributed by atoms with Gasteiger partial charge in [-0.2, -0.15) is 0 Å². The Morgan fingerprint density at radius 2 is 2.24 bits per heavy atom. The molecule has 3 nitrogen and oxygen atoms in total. The molecule has 4 heteroatoms. The van der Waals surface area contributed by atoms with Crippen LogP contribution >= 0.6 is 11.3 Å². The average Bonchev–Trinajstić information content (AvgIpc) is 2.81. The van der Waals surface area contributed by atoms with Gasteiger partial charge in [-0.25, -0.2) is 0 Å². The van der Waals surface area contributed by atoms with E-state index in [0.717, 1.165) is 18.4 Å². The Labute approximate surface area is 106 Å². The molecule has 1 aromatic heterocycles. The monoisotopic (exact) mass is 250 g/mol. The third-order valence-corrected chi connectivity index (χ3v) is 3.43. The molecule has 0 spiro atoms. The maximum atomic E-state index is 12.0. The number of nitrogens with one attached hydrogen (secondary N) is 1. The van der Waals surface area contributed by atoms with Gasteiger partial charge in [0.25, 0.3) is 5.91 Å². The van der Waals surface area contributed by atoms with Crippen LogP contribution in [0.3, 0.4) is 0 Å². The number of amides is 1. The second-order valence-corrected chi connectivity index (χ2v) is 4.57. The largest absolute Gasteiger partial charge is 0.349 e. The van der Waals surface area contributed by atoms with Crippen molar-refractivity contribution in [2.45, 2.75) is 32.7 Å². The summed E-state index contributed by atoms with van der Waals surface area (Å²) in [6.45, 7) is 4.44. The number of carbonyl (C=O) groups is 1. The molecule has 0 aliphatic rings. The van der Waals surface area contributed by atoms with E-state index in [9.17, 15) is 4.79 Å². The molecule has 0 aromatic carbocycles. The maximum absolute atomic E-state index is 12.0. The first-order valence-electron chi connectivity index (χ1n) is 5.80. The summed E-state index contributed by atoms with van der Waals surface area (Å²) in [6, 6.07) is 2.09. The van der Waals surface area contributed by atoms with Crippen LogP contribution in [0.2, 0.25) is 0 Å². The average molecular weight is 250 g/mol. The van der Waals surface area contributed by atoms with E-state index in [1.165, 1.54) is 11.3 Å². The Morgan fingerprint density at radius 3 is 2.82 bits per heavy atom. The van der Waals surface area contributed by atoms with Crippen LogP contribution < -0.4 is 11.1 Å². The minimum atomic E-state index is -0.0324. The molecule has 0 unspecified atom stereocenters. The van der Waals surface area contributed by atoms with Crippen molar-refractivity contribution in [2.75, 3.05) is 6.54 Å². The smallest absolute Gasteiger partial charge is 0.262 e. The van der Waals surface area contributed by atoms with Crippen molar-refractivity contribution in [2.24, 2.45) is 5.73 Å². The lowest BCUT2D eigenvalue weighted by Crippen LogP contribution is -2.33. The van der Waals surface area contributed by atoms with Gasteiger partial charge in [0.05, 0.1) is 6.54 Å². The minimum absolute atomic E-state index is 0.0324. The lowest BCUT2D eigenvalue weighted by molar-refractivity contribution is 0.0939. The van der Waals surface area contributed by atoms with Gasteiger partial charge in [0.2, 0.25) is 0 Å². The Morgan fingerprint density at radius 1 is 1.53 bits per heavy atom. The summed E-state index contributed by atoms with van der Waals surface area (Å²) in [7, 11) is 0. The van der Waals surface area contributed by atoms with Crippen LogP contribution in [0, 0.1) is 11.8 Å². The predicted octanol–water partition coefficient (Wildman–Crippen LogP) is 1.98. The van der Waals surface area contributed by atoms with Crippen LogP contribution in [-0.2, 0) is 0 Å². The number of thiophene rings is 1. The van der Waals surface area contributed by atoms with Gasteiger partial charge in [0.15, 0.2) is 0 Å². The minimum Gasteiger partial charge on any atom is -0.349 e. The SMILES string of the molecule is CCC(CC)NC(=O)c1sccc1C#CCN. The normalized spacial score (nSPS) is 9.88. The molecule has 0 radical (unpaired) electrons. The zero-order valence-electron chi connectivity index (χ0n) is 10.2. The Kier molecular flexibility index (Phi) is 5.75. The molecule has 0 atom stereocenters. The molecule has 0 aliphatic carbocycles. The highest BCUT2D eigenvalue weighted by Gasteiger charge is 2.14. The highest BCUT2D eigenvalue weighted by Crippen LogP contribution is 2.16. The molecule has 0 saturated carbocycles. The van der Waals surface area contributed by atoms with Crippen LogP contribution in [0.1, 0.15) is 41.9 Å². The van der Waals surface area contributed by atoms with Gasteiger partial charge in [-0.1, -0.05) is 25.7 Å². The fourth-order valence-corrected chi connectivity index (χ4v) is 2.23. The number of nitrogens with two attached hydrogens (primary N) is 1. The van der Waals surface area contributed by atoms with Crippen LogP contribution in [0.25, 0.3) is 0 Å². The van der Waals surface area contributed by atoms with Crippen LogP contribution in [0.4, 0.5) is 0 Å². The van der Waals surface area contributed by atoms with Crippen LogP contribution in [0.15, 0.2) is 11.4 Å². The highest BCUT2D eigenvalue weighted by atomic mass is 32.1. The fraction of sp³-hybridized carbons (Fsp3) is 0.462. The van der Waals surface area contributed by atoms with Crippen molar-refractivity contribution in [1.29, 1.82) is 0 Å². The van der Waals surface area contributed by atoms with Crippen molar-refractivity contribution >= 4 is 17.2 Å². The van der Waals surface area contributed by atoms with Crippen LogP contribution in [-0.4, -0.2) is 18.5 Å². The lowest BCUT2D eigenvalue weighted by atomic mass is 10.1. The quantitative estimate of drug-likeness (QED) is 0.803. The predicted molar refractivity (Wildman–Crippen MR) is 72.1 cm³/mol. The van der Waals surface area contributed by atoms with E-state index in [-0.39, 0.29) is 11.9 Å². The molecule has 1 aromatic rings. The molecule has 1 heterocycles. The Balaban J connectivity index is 2.78. The van der Waals surface area contributed by atoms with Gasteiger partial charge < -0.3 is 11.1 Å². The van der Waals surface area contributed by atoms with E-state index in [4.69, 9.17) is 5.73 Å². The lowest BCUT2D eigenvalue weighted by Gasteiger charge is -2.13. The molecular weight excluding hydrogens is 232 g/mol. The highest BCUT2D eigenvalue weighted by molar-refractivity contribution is 7.12. The summed E-state index contributed by atoms with van der Waals surface area (Å²) in [5.74, 6) is 5.66. The van der Waals surface area contributed by atoms with E-state index in [2.05, 4.69) is 31.0 Å². The molecule has 3 N–H and O–H groups in total. The second-order valence-electron chi connectivity index (χ2n) is 3.66. The Bertz CT molecular complexity index is 424. The number of carbonyl (C=O) groups excluding carboxylic acids is 1. The summed E-state index contributed by atoms with van der Waals surface area (Å²) in [5, 5.41) is 4.89. The van der Waals surface area contributed by atoms with Gasteiger partial charge in [0, 0.05) is 11.6 Å². The van der Waals surface area contributed by atoms with Crippen molar-refractivity contribution < 1.29 is 4.79 Å². The van der Waals surface area contributed by atoms with Gasteiger partial charge >= 0.3 is 0 Å². The standard InChI is InChI=1S/C13H18N2OS/c1-3-11(4-2)15-13(16)12-10(6-5-8-14)7-9-17-12/h7,9,11H,3-4,8,14H2,1-2H3,(H,15,16). The zero-order chi connectivity index (χ0) is 12.7. The molecule has 1 rings (SSSR count). The summed E-state index contributed by atoms with van der Waals surface area (Å²) in [6.07, 6.45) is 1.88. The van der Waals surface area contributed by atoms with Crippen molar-refractivity contribution in [3.63, 3.8) is 0 Å². The topological polar surface area (TPSA) is 55.1 Å². The van der Waals surface area contributed by atoms with E-state index in [1.807, 2.05) is 11.4 Å². The van der Waals surface area contributed by atoms with E-state index in [0.29, 0.717) is 11.4 Å². The van der Waals surface area contributed by atoms with E-state index >= 15 is 0 Å². The van der Waals surface area contributed by atoms with Gasteiger partial charge in [-0.3, -0.25) is 4.79 Å². The fourth-order valence-electron chi connectivity index (χ4n) is 1.47. The second kappa shape index (κ2) is 7.10. The van der Waals surface area contributed by atoms with Crippen molar-refractivity contribution in [1.82, 2.24) is 5.32 Å². The van der Waals surface area contributed by atoms with Gasteiger partial charge in [-0.15, -0.1) is 11.3 Å².